The van der Waals surface area contributed by atoms with Gasteiger partial charge in [0.25, 0.3) is 5.91 Å². The van der Waals surface area contributed by atoms with E-state index in [1.54, 1.807) is 22.6 Å². The summed E-state index contributed by atoms with van der Waals surface area (Å²) in [4.78, 5) is 13.3. The summed E-state index contributed by atoms with van der Waals surface area (Å²) in [6.07, 6.45) is 5.77. The first kappa shape index (κ1) is 22.0. The molecular weight excluding hydrogens is 412 g/mol. The maximum Gasteiger partial charge on any atom is 0.256 e. The zero-order valence-electron chi connectivity index (χ0n) is 18.8. The van der Waals surface area contributed by atoms with Crippen molar-refractivity contribution in [1.29, 1.82) is 0 Å². The molecule has 2 heterocycles. The Morgan fingerprint density at radius 3 is 2.48 bits per heavy atom. The van der Waals surface area contributed by atoms with Gasteiger partial charge in [-0.25, -0.2) is 13.1 Å². The number of aromatic nitrogens is 2. The topological polar surface area (TPSA) is 84.3 Å². The number of rotatable bonds is 6. The van der Waals surface area contributed by atoms with Crippen LogP contribution in [0.25, 0.3) is 0 Å². The molecule has 1 aromatic carbocycles. The van der Waals surface area contributed by atoms with E-state index in [1.807, 2.05) is 18.5 Å². The zero-order valence-corrected chi connectivity index (χ0v) is 19.6. The minimum absolute atomic E-state index is 0.225. The second kappa shape index (κ2) is 8.39. The van der Waals surface area contributed by atoms with Gasteiger partial charge in [-0.05, 0) is 81.5 Å². The molecule has 2 aliphatic rings. The Bertz CT molecular complexity index is 1080. The molecule has 0 spiro atoms. The van der Waals surface area contributed by atoms with Gasteiger partial charge in [0, 0.05) is 24.7 Å². The molecule has 1 unspecified atom stereocenters. The first-order valence-electron chi connectivity index (χ1n) is 11.1. The summed E-state index contributed by atoms with van der Waals surface area (Å²) in [7, 11) is -3.65. The van der Waals surface area contributed by atoms with E-state index in [1.165, 1.54) is 18.9 Å². The van der Waals surface area contributed by atoms with E-state index < -0.39 is 10.0 Å². The van der Waals surface area contributed by atoms with Crippen LogP contribution in [0.5, 0.6) is 0 Å². The van der Waals surface area contributed by atoms with E-state index in [-0.39, 0.29) is 16.8 Å². The first-order chi connectivity index (χ1) is 14.7. The van der Waals surface area contributed by atoms with E-state index in [9.17, 15) is 13.2 Å². The number of nitrogens with zero attached hydrogens (tertiary/aromatic N) is 3. The van der Waals surface area contributed by atoms with Crippen molar-refractivity contribution in [3.8, 4) is 0 Å². The molecule has 2 fully saturated rings. The summed E-state index contributed by atoms with van der Waals surface area (Å²) in [6, 6.07) is 5.29. The summed E-state index contributed by atoms with van der Waals surface area (Å²) in [5.41, 5.74) is 1.83. The highest BCUT2D eigenvalue weighted by Crippen LogP contribution is 2.40. The molecule has 2 aromatic rings. The molecule has 168 valence electrons. The number of amides is 1. The molecule has 1 atom stereocenters. The molecule has 31 heavy (non-hydrogen) atoms. The Kier molecular flexibility index (Phi) is 5.96. The number of anilines is 1. The molecule has 1 aromatic heterocycles. The van der Waals surface area contributed by atoms with E-state index >= 15 is 0 Å². The van der Waals surface area contributed by atoms with Crippen molar-refractivity contribution >= 4 is 21.7 Å². The number of hydrogen-bond acceptors (Lipinski definition) is 4. The first-order valence-corrected chi connectivity index (χ1v) is 12.6. The molecule has 8 heteroatoms. The molecule has 4 rings (SSSR count). The highest BCUT2D eigenvalue weighted by molar-refractivity contribution is 7.89. The number of nitrogens with one attached hydrogen (secondary N) is 1. The normalized spacial score (nSPS) is 19.4. The molecule has 1 saturated carbocycles. The van der Waals surface area contributed by atoms with Gasteiger partial charge in [-0.2, -0.15) is 9.40 Å². The Morgan fingerprint density at radius 1 is 1.16 bits per heavy atom. The predicted octanol–water partition coefficient (Wildman–Crippen LogP) is 4.14. The fraction of sp³-hybridized carbons (Fsp3) is 0.565. The molecule has 0 radical (unpaired) electrons. The fourth-order valence-electron chi connectivity index (χ4n) is 4.29. The van der Waals surface area contributed by atoms with Crippen molar-refractivity contribution in [3.05, 3.63) is 41.1 Å². The standard InChI is InChI=1S/C23H32N4O3S/c1-15-8-11-26(12-9-15)31(29,30)21-14-20(13-16(2)17(21)3)23(28)25-22-7-10-24-27(22)18(4)19-5-6-19/h7,10,13-15,18-19H,5-6,8-9,11-12H2,1-4H3,(H,25,28). The lowest BCUT2D eigenvalue weighted by atomic mass is 10.0. The predicted molar refractivity (Wildman–Crippen MR) is 121 cm³/mol. The second-order valence-corrected chi connectivity index (χ2v) is 11.1. The largest absolute Gasteiger partial charge is 0.307 e. The van der Waals surface area contributed by atoms with Crippen molar-refractivity contribution in [2.75, 3.05) is 18.4 Å². The second-order valence-electron chi connectivity index (χ2n) is 9.20. The summed E-state index contributed by atoms with van der Waals surface area (Å²) < 4.78 is 30.1. The van der Waals surface area contributed by atoms with Crippen LogP contribution in [0.15, 0.2) is 29.3 Å². The van der Waals surface area contributed by atoms with E-state index in [0.29, 0.717) is 41.9 Å². The van der Waals surface area contributed by atoms with Crippen LogP contribution < -0.4 is 5.32 Å². The van der Waals surface area contributed by atoms with Crippen molar-refractivity contribution in [3.63, 3.8) is 0 Å². The van der Waals surface area contributed by atoms with Gasteiger partial charge in [-0.3, -0.25) is 4.79 Å². The summed E-state index contributed by atoms with van der Waals surface area (Å²) in [5, 5.41) is 7.31. The number of carbonyl (C=O) groups is 1. The van der Waals surface area contributed by atoms with Crippen LogP contribution in [0, 0.1) is 25.7 Å². The lowest BCUT2D eigenvalue weighted by Gasteiger charge is -2.30. The van der Waals surface area contributed by atoms with Gasteiger partial charge >= 0.3 is 0 Å². The molecule has 1 aliphatic carbocycles. The number of sulfonamides is 1. The van der Waals surface area contributed by atoms with Crippen LogP contribution in [0.4, 0.5) is 5.82 Å². The average molecular weight is 445 g/mol. The number of hydrogen-bond donors (Lipinski definition) is 1. The van der Waals surface area contributed by atoms with Crippen LogP contribution in [0.3, 0.4) is 0 Å². The molecule has 1 amide bonds. The Balaban J connectivity index is 1.61. The molecule has 1 N–H and O–H groups in total. The Morgan fingerprint density at radius 2 is 1.84 bits per heavy atom. The molecule has 1 aliphatic heterocycles. The summed E-state index contributed by atoms with van der Waals surface area (Å²) in [6.45, 7) is 8.97. The smallest absolute Gasteiger partial charge is 0.256 e. The Hall–Kier alpha value is -2.19. The maximum absolute atomic E-state index is 13.4. The van der Waals surface area contributed by atoms with Crippen LogP contribution >= 0.6 is 0 Å². The molecular formula is C23H32N4O3S. The van der Waals surface area contributed by atoms with Gasteiger partial charge in [0.1, 0.15) is 5.82 Å². The summed E-state index contributed by atoms with van der Waals surface area (Å²) >= 11 is 0. The number of carbonyl (C=O) groups excluding carboxylic acids is 1. The van der Waals surface area contributed by atoms with Crippen molar-refractivity contribution < 1.29 is 13.2 Å². The van der Waals surface area contributed by atoms with Crippen LogP contribution in [-0.2, 0) is 10.0 Å². The van der Waals surface area contributed by atoms with Crippen LogP contribution in [0.2, 0.25) is 0 Å². The van der Waals surface area contributed by atoms with Gasteiger partial charge < -0.3 is 5.32 Å². The van der Waals surface area contributed by atoms with Gasteiger partial charge in [-0.1, -0.05) is 6.92 Å². The fourth-order valence-corrected chi connectivity index (χ4v) is 6.09. The minimum atomic E-state index is -3.65. The zero-order chi connectivity index (χ0) is 22.3. The van der Waals surface area contributed by atoms with Gasteiger partial charge in [0.15, 0.2) is 0 Å². The van der Waals surface area contributed by atoms with Crippen molar-refractivity contribution in [1.82, 2.24) is 14.1 Å². The third-order valence-electron chi connectivity index (χ3n) is 6.84. The third-order valence-corrected chi connectivity index (χ3v) is 8.87. The number of piperidine rings is 1. The Labute approximate surface area is 184 Å². The highest BCUT2D eigenvalue weighted by Gasteiger charge is 2.32. The minimum Gasteiger partial charge on any atom is -0.307 e. The van der Waals surface area contributed by atoms with Gasteiger partial charge in [-0.15, -0.1) is 0 Å². The van der Waals surface area contributed by atoms with Crippen LogP contribution in [-0.4, -0.2) is 41.5 Å². The molecule has 7 nitrogen and oxygen atoms in total. The number of benzene rings is 1. The maximum atomic E-state index is 13.4. The quantitative estimate of drug-likeness (QED) is 0.726. The lowest BCUT2D eigenvalue weighted by molar-refractivity contribution is 0.102. The van der Waals surface area contributed by atoms with Gasteiger partial charge in [0.2, 0.25) is 10.0 Å². The summed E-state index contributed by atoms with van der Waals surface area (Å²) in [5.74, 6) is 1.45. The van der Waals surface area contributed by atoms with E-state index in [4.69, 9.17) is 0 Å². The lowest BCUT2D eigenvalue weighted by Crippen LogP contribution is -2.38. The average Bonchev–Trinajstić information content (AvgIpc) is 3.48. The van der Waals surface area contributed by atoms with Crippen molar-refractivity contribution in [2.24, 2.45) is 11.8 Å². The van der Waals surface area contributed by atoms with Gasteiger partial charge in [0.05, 0.1) is 17.1 Å². The SMILES string of the molecule is Cc1cc(C(=O)Nc2ccnn2C(C)C2CC2)cc(S(=O)(=O)N2CCC(C)CC2)c1C. The third kappa shape index (κ3) is 4.41. The van der Waals surface area contributed by atoms with Crippen molar-refractivity contribution in [2.45, 2.75) is 64.3 Å². The van der Waals surface area contributed by atoms with Crippen LogP contribution in [0.1, 0.15) is 67.1 Å². The monoisotopic (exact) mass is 444 g/mol. The van der Waals surface area contributed by atoms with E-state index in [0.717, 1.165) is 18.4 Å². The van der Waals surface area contributed by atoms with E-state index in [2.05, 4.69) is 24.3 Å². The number of aryl methyl sites for hydroxylation is 1. The molecule has 0 bridgehead atoms. The highest BCUT2D eigenvalue weighted by atomic mass is 32.2. The molecule has 1 saturated heterocycles.